The van der Waals surface area contributed by atoms with Crippen LogP contribution in [0.1, 0.15) is 58.3 Å². The van der Waals surface area contributed by atoms with Gasteiger partial charge in [-0.2, -0.15) is 0 Å². The summed E-state index contributed by atoms with van der Waals surface area (Å²) in [5.41, 5.74) is 0.567. The van der Waals surface area contributed by atoms with E-state index >= 15 is 0 Å². The van der Waals surface area contributed by atoms with Crippen LogP contribution in [-0.2, 0) is 14.4 Å². The van der Waals surface area contributed by atoms with Crippen molar-refractivity contribution in [3.63, 3.8) is 0 Å². The van der Waals surface area contributed by atoms with Crippen molar-refractivity contribution in [1.29, 1.82) is 0 Å². The van der Waals surface area contributed by atoms with E-state index in [-0.39, 0.29) is 30.2 Å². The van der Waals surface area contributed by atoms with Crippen LogP contribution >= 0.6 is 15.9 Å². The molecule has 0 radical (unpaired) electrons. The van der Waals surface area contributed by atoms with E-state index in [2.05, 4.69) is 15.9 Å². The fourth-order valence-electron chi connectivity index (χ4n) is 4.03. The van der Waals surface area contributed by atoms with E-state index in [1.54, 1.807) is 17.0 Å². The predicted molar refractivity (Wildman–Crippen MR) is 104 cm³/mol. The smallest absolute Gasteiger partial charge is 0.257 e. The molecular formula is C20H25BrN2O3. The number of carbonyl (C=O) groups is 3. The standard InChI is InChI=1S/C20H25BrN2O3/c1-2-6-18(24)22(15-7-4-3-5-8-15)17-13-19(25)23(20(17)26)16-11-9-14(21)10-12-16/h9-12,15,17H,2-8,13H2,1H3. The minimum Gasteiger partial charge on any atom is -0.327 e. The van der Waals surface area contributed by atoms with Crippen molar-refractivity contribution in [3.8, 4) is 0 Å². The first kappa shape index (κ1) is 19.1. The lowest BCUT2D eigenvalue weighted by atomic mass is 9.92. The Morgan fingerprint density at radius 3 is 2.42 bits per heavy atom. The van der Waals surface area contributed by atoms with Crippen molar-refractivity contribution in [1.82, 2.24) is 4.90 Å². The molecule has 6 heteroatoms. The van der Waals surface area contributed by atoms with Gasteiger partial charge >= 0.3 is 0 Å². The molecule has 0 bridgehead atoms. The average Bonchev–Trinajstić information content (AvgIpc) is 2.92. The number of rotatable bonds is 5. The maximum atomic E-state index is 13.1. The molecule has 26 heavy (non-hydrogen) atoms. The zero-order valence-corrected chi connectivity index (χ0v) is 16.7. The van der Waals surface area contributed by atoms with Gasteiger partial charge in [0, 0.05) is 16.9 Å². The SMILES string of the molecule is CCCC(=O)N(C1CCCCC1)C1CC(=O)N(c2ccc(Br)cc2)C1=O. The summed E-state index contributed by atoms with van der Waals surface area (Å²) in [6.07, 6.45) is 6.42. The molecule has 1 aromatic carbocycles. The third-order valence-electron chi connectivity index (χ3n) is 5.26. The summed E-state index contributed by atoms with van der Waals surface area (Å²) in [4.78, 5) is 41.5. The van der Waals surface area contributed by atoms with Crippen molar-refractivity contribution in [3.05, 3.63) is 28.7 Å². The highest BCUT2D eigenvalue weighted by Crippen LogP contribution is 2.32. The molecule has 1 aliphatic carbocycles. The maximum Gasteiger partial charge on any atom is 0.257 e. The van der Waals surface area contributed by atoms with Gasteiger partial charge in [-0.05, 0) is 43.5 Å². The van der Waals surface area contributed by atoms with E-state index in [0.29, 0.717) is 12.1 Å². The summed E-state index contributed by atoms with van der Waals surface area (Å²) in [5.74, 6) is -0.497. The lowest BCUT2D eigenvalue weighted by molar-refractivity contribution is -0.141. The molecule has 1 atom stereocenters. The third-order valence-corrected chi connectivity index (χ3v) is 5.79. The van der Waals surface area contributed by atoms with Crippen LogP contribution in [0.5, 0.6) is 0 Å². The summed E-state index contributed by atoms with van der Waals surface area (Å²) in [6.45, 7) is 1.96. The first-order valence-electron chi connectivity index (χ1n) is 9.46. The number of benzene rings is 1. The Balaban J connectivity index is 1.87. The molecule has 1 unspecified atom stereocenters. The molecule has 0 spiro atoms. The number of carbonyl (C=O) groups excluding carboxylic acids is 3. The summed E-state index contributed by atoms with van der Waals surface area (Å²) in [5, 5.41) is 0. The summed E-state index contributed by atoms with van der Waals surface area (Å²) >= 11 is 3.37. The highest BCUT2D eigenvalue weighted by molar-refractivity contribution is 9.10. The van der Waals surface area contributed by atoms with Gasteiger partial charge in [-0.1, -0.05) is 42.1 Å². The zero-order valence-electron chi connectivity index (χ0n) is 15.1. The topological polar surface area (TPSA) is 57.7 Å². The van der Waals surface area contributed by atoms with Gasteiger partial charge < -0.3 is 4.90 Å². The van der Waals surface area contributed by atoms with Gasteiger partial charge in [0.05, 0.1) is 12.1 Å². The van der Waals surface area contributed by atoms with E-state index < -0.39 is 6.04 Å². The Morgan fingerprint density at radius 1 is 1.15 bits per heavy atom. The molecule has 140 valence electrons. The average molecular weight is 421 g/mol. The van der Waals surface area contributed by atoms with Crippen molar-refractivity contribution in [2.24, 2.45) is 0 Å². The second kappa shape index (κ2) is 8.33. The van der Waals surface area contributed by atoms with Gasteiger partial charge in [0.2, 0.25) is 11.8 Å². The van der Waals surface area contributed by atoms with E-state index in [0.717, 1.165) is 36.6 Å². The van der Waals surface area contributed by atoms with E-state index in [9.17, 15) is 14.4 Å². The Hall–Kier alpha value is -1.69. The third kappa shape index (κ3) is 3.85. The first-order chi connectivity index (χ1) is 12.5. The number of amides is 3. The van der Waals surface area contributed by atoms with Crippen LogP contribution < -0.4 is 4.90 Å². The Kier molecular flexibility index (Phi) is 6.12. The lowest BCUT2D eigenvalue weighted by Gasteiger charge is -2.37. The van der Waals surface area contributed by atoms with Crippen molar-refractivity contribution in [2.45, 2.75) is 70.4 Å². The number of anilines is 1. The molecule has 0 N–H and O–H groups in total. The molecule has 1 saturated carbocycles. The van der Waals surface area contributed by atoms with Crippen LogP contribution in [0.2, 0.25) is 0 Å². The molecule has 5 nitrogen and oxygen atoms in total. The van der Waals surface area contributed by atoms with Crippen LogP contribution in [0.15, 0.2) is 28.7 Å². The highest BCUT2D eigenvalue weighted by Gasteiger charge is 2.46. The Morgan fingerprint density at radius 2 is 1.81 bits per heavy atom. The van der Waals surface area contributed by atoms with E-state index in [1.807, 2.05) is 19.1 Å². The molecule has 3 amide bonds. The Labute approximate surface area is 162 Å². The molecule has 1 aromatic rings. The van der Waals surface area contributed by atoms with Crippen LogP contribution in [0.25, 0.3) is 0 Å². The molecule has 1 aliphatic heterocycles. The van der Waals surface area contributed by atoms with Crippen molar-refractivity contribution >= 4 is 39.3 Å². The van der Waals surface area contributed by atoms with Crippen molar-refractivity contribution < 1.29 is 14.4 Å². The van der Waals surface area contributed by atoms with Crippen molar-refractivity contribution in [2.75, 3.05) is 4.90 Å². The fourth-order valence-corrected chi connectivity index (χ4v) is 4.29. The number of nitrogens with zero attached hydrogens (tertiary/aromatic N) is 2. The highest BCUT2D eigenvalue weighted by atomic mass is 79.9. The van der Waals surface area contributed by atoms with Gasteiger partial charge in [-0.15, -0.1) is 0 Å². The molecular weight excluding hydrogens is 396 g/mol. The predicted octanol–water partition coefficient (Wildman–Crippen LogP) is 4.04. The van der Waals surface area contributed by atoms with Crippen LogP contribution in [-0.4, -0.2) is 34.7 Å². The largest absolute Gasteiger partial charge is 0.327 e. The second-order valence-corrected chi connectivity index (χ2v) is 8.02. The number of hydrogen-bond donors (Lipinski definition) is 0. The molecule has 2 fully saturated rings. The van der Waals surface area contributed by atoms with Gasteiger partial charge in [-0.3, -0.25) is 14.4 Å². The fraction of sp³-hybridized carbons (Fsp3) is 0.550. The van der Waals surface area contributed by atoms with E-state index in [1.165, 1.54) is 11.3 Å². The van der Waals surface area contributed by atoms with Crippen LogP contribution in [0.4, 0.5) is 5.69 Å². The molecule has 3 rings (SSSR count). The van der Waals surface area contributed by atoms with Crippen LogP contribution in [0.3, 0.4) is 0 Å². The van der Waals surface area contributed by atoms with Gasteiger partial charge in [-0.25, -0.2) is 4.90 Å². The number of hydrogen-bond acceptors (Lipinski definition) is 3. The summed E-state index contributed by atoms with van der Waals surface area (Å²) in [7, 11) is 0. The molecule has 0 aromatic heterocycles. The first-order valence-corrected chi connectivity index (χ1v) is 10.3. The van der Waals surface area contributed by atoms with Crippen LogP contribution in [0, 0.1) is 0 Å². The molecule has 1 heterocycles. The monoisotopic (exact) mass is 420 g/mol. The van der Waals surface area contributed by atoms with Gasteiger partial charge in [0.25, 0.3) is 5.91 Å². The molecule has 2 aliphatic rings. The minimum atomic E-state index is -0.659. The maximum absolute atomic E-state index is 13.1. The Bertz CT molecular complexity index is 683. The second-order valence-electron chi connectivity index (χ2n) is 7.11. The molecule has 1 saturated heterocycles. The van der Waals surface area contributed by atoms with Gasteiger partial charge in [0.15, 0.2) is 0 Å². The van der Waals surface area contributed by atoms with Gasteiger partial charge in [0.1, 0.15) is 6.04 Å². The summed E-state index contributed by atoms with van der Waals surface area (Å²) < 4.78 is 0.888. The normalized spacial score (nSPS) is 21.3. The summed E-state index contributed by atoms with van der Waals surface area (Å²) in [6, 6.07) is 6.54. The van der Waals surface area contributed by atoms with E-state index in [4.69, 9.17) is 0 Å². The number of halogens is 1. The lowest BCUT2D eigenvalue weighted by Crippen LogP contribution is -2.51. The minimum absolute atomic E-state index is 0.00297. The number of imide groups is 1. The quantitative estimate of drug-likeness (QED) is 0.675. The zero-order chi connectivity index (χ0) is 18.7.